The summed E-state index contributed by atoms with van der Waals surface area (Å²) < 4.78 is 101. The summed E-state index contributed by atoms with van der Waals surface area (Å²) in [5.74, 6) is -3.04. The predicted molar refractivity (Wildman–Crippen MR) is 89.3 cm³/mol. The van der Waals surface area contributed by atoms with Crippen LogP contribution in [0.2, 0.25) is 0 Å². The highest BCUT2D eigenvalue weighted by Gasteiger charge is 2.68. The smallest absolute Gasteiger partial charge is 0.406 e. The van der Waals surface area contributed by atoms with Gasteiger partial charge in [0.1, 0.15) is 6.61 Å². The molecule has 0 unspecified atom stereocenters. The lowest BCUT2D eigenvalue weighted by Crippen LogP contribution is -2.51. The standard InChI is InChI=1S/C17H20F7N3O3/c1-15(16(19,20)21,17(22,23)24)8-30-14-10(18)6-9(13(27-14)29-2)7-26-12(28)11-4-3-5-25-11/h6,11,25H,3-5,7-8H2,1-2H3,(H,26,28)/t11-/m0/s1. The fraction of sp³-hybridized carbons (Fsp3) is 0.647. The Morgan fingerprint density at radius 3 is 2.37 bits per heavy atom. The third-order valence-electron chi connectivity index (χ3n) is 4.76. The lowest BCUT2D eigenvalue weighted by Gasteiger charge is -2.33. The van der Waals surface area contributed by atoms with Crippen molar-refractivity contribution < 1.29 is 45.0 Å². The number of carbonyl (C=O) groups excluding carboxylic acids is 1. The molecule has 170 valence electrons. The van der Waals surface area contributed by atoms with Gasteiger partial charge in [0.25, 0.3) is 5.88 Å². The van der Waals surface area contributed by atoms with Crippen molar-refractivity contribution in [1.82, 2.24) is 15.6 Å². The molecule has 2 rings (SSSR count). The molecule has 30 heavy (non-hydrogen) atoms. The van der Waals surface area contributed by atoms with Crippen molar-refractivity contribution in [3.05, 3.63) is 17.4 Å². The number of nitrogens with one attached hydrogen (secondary N) is 2. The number of alkyl halides is 6. The topological polar surface area (TPSA) is 72.5 Å². The molecule has 2 heterocycles. The molecule has 1 atom stereocenters. The van der Waals surface area contributed by atoms with E-state index in [2.05, 4.69) is 20.4 Å². The van der Waals surface area contributed by atoms with E-state index in [4.69, 9.17) is 4.74 Å². The second-order valence-corrected chi connectivity index (χ2v) is 6.93. The first-order valence-electron chi connectivity index (χ1n) is 8.81. The van der Waals surface area contributed by atoms with Gasteiger partial charge in [-0.1, -0.05) is 0 Å². The minimum absolute atomic E-state index is 0.0306. The van der Waals surface area contributed by atoms with Crippen LogP contribution in [0.3, 0.4) is 0 Å². The zero-order valence-electron chi connectivity index (χ0n) is 16.0. The fourth-order valence-corrected chi connectivity index (χ4v) is 2.65. The molecule has 1 saturated heterocycles. The van der Waals surface area contributed by atoms with Crippen LogP contribution in [0.25, 0.3) is 0 Å². The molecule has 1 amide bonds. The average Bonchev–Trinajstić information content (AvgIpc) is 3.17. The Kier molecular flexibility index (Phi) is 7.05. The van der Waals surface area contributed by atoms with Gasteiger partial charge in [0.2, 0.25) is 11.8 Å². The van der Waals surface area contributed by atoms with Gasteiger partial charge >= 0.3 is 12.4 Å². The first-order chi connectivity index (χ1) is 13.8. The Balaban J connectivity index is 2.15. The third-order valence-corrected chi connectivity index (χ3v) is 4.76. The average molecular weight is 447 g/mol. The maximum Gasteiger partial charge on any atom is 0.406 e. The van der Waals surface area contributed by atoms with E-state index in [1.165, 1.54) is 0 Å². The van der Waals surface area contributed by atoms with Gasteiger partial charge in [-0.25, -0.2) is 4.39 Å². The van der Waals surface area contributed by atoms with Crippen molar-refractivity contribution in [3.8, 4) is 11.8 Å². The molecule has 1 aliphatic heterocycles. The van der Waals surface area contributed by atoms with E-state index in [1.54, 1.807) is 0 Å². The zero-order chi connectivity index (χ0) is 22.7. The molecule has 2 N–H and O–H groups in total. The second kappa shape index (κ2) is 8.82. The van der Waals surface area contributed by atoms with Crippen molar-refractivity contribution in [3.63, 3.8) is 0 Å². The number of methoxy groups -OCH3 is 1. The van der Waals surface area contributed by atoms with Crippen molar-refractivity contribution in [2.45, 2.75) is 44.7 Å². The maximum absolute atomic E-state index is 14.2. The number of ether oxygens (including phenoxy) is 2. The largest absolute Gasteiger partial charge is 0.481 e. The van der Waals surface area contributed by atoms with Gasteiger partial charge in [-0.3, -0.25) is 4.79 Å². The van der Waals surface area contributed by atoms with E-state index in [-0.39, 0.29) is 30.8 Å². The number of amides is 1. The zero-order valence-corrected chi connectivity index (χ0v) is 16.0. The lowest BCUT2D eigenvalue weighted by molar-refractivity contribution is -0.340. The first-order valence-corrected chi connectivity index (χ1v) is 8.81. The lowest BCUT2D eigenvalue weighted by atomic mass is 9.90. The van der Waals surface area contributed by atoms with Crippen LogP contribution in [0.1, 0.15) is 25.3 Å². The highest BCUT2D eigenvalue weighted by atomic mass is 19.4. The molecule has 0 saturated carbocycles. The number of aromatic nitrogens is 1. The molecule has 0 radical (unpaired) electrons. The summed E-state index contributed by atoms with van der Waals surface area (Å²) >= 11 is 0. The Morgan fingerprint density at radius 1 is 1.23 bits per heavy atom. The summed E-state index contributed by atoms with van der Waals surface area (Å²) in [6, 6.07) is 0.362. The second-order valence-electron chi connectivity index (χ2n) is 6.93. The van der Waals surface area contributed by atoms with Crippen molar-refractivity contribution in [2.75, 3.05) is 20.3 Å². The fourth-order valence-electron chi connectivity index (χ4n) is 2.65. The molecule has 0 aliphatic carbocycles. The number of rotatable bonds is 7. The van der Waals surface area contributed by atoms with Crippen LogP contribution in [0, 0.1) is 11.2 Å². The Hall–Kier alpha value is -2.31. The van der Waals surface area contributed by atoms with E-state index < -0.39 is 42.1 Å². The summed E-state index contributed by atoms with van der Waals surface area (Å²) in [4.78, 5) is 15.5. The van der Waals surface area contributed by atoms with E-state index >= 15 is 0 Å². The van der Waals surface area contributed by atoms with Gasteiger partial charge in [0.15, 0.2) is 11.2 Å². The van der Waals surface area contributed by atoms with Crippen LogP contribution in [-0.2, 0) is 11.3 Å². The predicted octanol–water partition coefficient (Wildman–Crippen LogP) is 3.11. The normalized spacial score (nSPS) is 17.7. The van der Waals surface area contributed by atoms with E-state index in [1.807, 2.05) is 0 Å². The van der Waals surface area contributed by atoms with Gasteiger partial charge in [-0.15, -0.1) is 0 Å². The summed E-state index contributed by atoms with van der Waals surface area (Å²) in [6.45, 7) is -1.56. The minimum atomic E-state index is -5.69. The number of nitrogens with zero attached hydrogens (tertiary/aromatic N) is 1. The highest BCUT2D eigenvalue weighted by Crippen LogP contribution is 2.50. The summed E-state index contributed by atoms with van der Waals surface area (Å²) in [7, 11) is 1.11. The number of halogens is 7. The van der Waals surface area contributed by atoms with E-state index in [0.29, 0.717) is 13.0 Å². The van der Waals surface area contributed by atoms with Gasteiger partial charge in [-0.2, -0.15) is 31.3 Å². The Morgan fingerprint density at radius 2 is 1.87 bits per heavy atom. The van der Waals surface area contributed by atoms with Crippen LogP contribution in [0.4, 0.5) is 30.7 Å². The molecule has 0 bridgehead atoms. The minimum Gasteiger partial charge on any atom is -0.481 e. The van der Waals surface area contributed by atoms with Crippen molar-refractivity contribution >= 4 is 5.91 Å². The quantitative estimate of drug-likeness (QED) is 0.629. The van der Waals surface area contributed by atoms with Crippen molar-refractivity contribution in [1.29, 1.82) is 0 Å². The maximum atomic E-state index is 14.2. The van der Waals surface area contributed by atoms with Crippen molar-refractivity contribution in [2.24, 2.45) is 5.41 Å². The van der Waals surface area contributed by atoms with Crippen LogP contribution >= 0.6 is 0 Å². The molecule has 1 aromatic rings. The van der Waals surface area contributed by atoms with Gasteiger partial charge in [0.05, 0.1) is 13.2 Å². The van der Waals surface area contributed by atoms with Crippen LogP contribution in [0.5, 0.6) is 11.8 Å². The van der Waals surface area contributed by atoms with Crippen LogP contribution in [0.15, 0.2) is 6.07 Å². The molecular formula is C17H20F7N3O3. The first kappa shape index (κ1) is 24.0. The number of hydrogen-bond acceptors (Lipinski definition) is 5. The number of carbonyl (C=O) groups is 1. The third kappa shape index (κ3) is 5.05. The van der Waals surface area contributed by atoms with Gasteiger partial charge in [-0.05, 0) is 32.4 Å². The highest BCUT2D eigenvalue weighted by molar-refractivity contribution is 5.82. The molecule has 1 fully saturated rings. The summed E-state index contributed by atoms with van der Waals surface area (Å²) in [6.07, 6.45) is -9.94. The van der Waals surface area contributed by atoms with Gasteiger partial charge < -0.3 is 20.1 Å². The van der Waals surface area contributed by atoms with Gasteiger partial charge in [0, 0.05) is 12.1 Å². The van der Waals surface area contributed by atoms with Crippen LogP contribution < -0.4 is 20.1 Å². The molecule has 13 heteroatoms. The van der Waals surface area contributed by atoms with Crippen LogP contribution in [-0.4, -0.2) is 49.5 Å². The monoisotopic (exact) mass is 447 g/mol. The van der Waals surface area contributed by atoms with E-state index in [0.717, 1.165) is 19.6 Å². The number of hydrogen-bond donors (Lipinski definition) is 2. The summed E-state index contributed by atoms with van der Waals surface area (Å²) in [5.41, 5.74) is -4.20. The molecule has 0 aromatic carbocycles. The molecular weight excluding hydrogens is 427 g/mol. The molecule has 1 aliphatic rings. The Labute approximate surface area is 167 Å². The number of pyridine rings is 1. The SMILES string of the molecule is COc1nc(OCC(C)(C(F)(F)F)C(F)(F)F)c(F)cc1CNC(=O)[C@@H]1CCCN1. The summed E-state index contributed by atoms with van der Waals surface area (Å²) in [5, 5.41) is 5.49. The molecule has 1 aromatic heterocycles. The molecule has 0 spiro atoms. The van der Waals surface area contributed by atoms with E-state index in [9.17, 15) is 35.5 Å². The Bertz CT molecular complexity index is 748. The molecule has 6 nitrogen and oxygen atoms in total.